The average molecular weight is 317 g/mol. The minimum absolute atomic E-state index is 0.0261. The fourth-order valence-corrected chi connectivity index (χ4v) is 6.99. The maximum atomic E-state index is 12.5. The third-order valence-corrected chi connectivity index (χ3v) is 8.57. The summed E-state index contributed by atoms with van der Waals surface area (Å²) in [5.74, 6) is 3.58. The van der Waals surface area contributed by atoms with E-state index in [9.17, 15) is 9.59 Å². The summed E-state index contributed by atoms with van der Waals surface area (Å²) < 4.78 is 0. The van der Waals surface area contributed by atoms with Crippen molar-refractivity contribution in [3.05, 3.63) is 0 Å². The molecule has 3 nitrogen and oxygen atoms in total. The van der Waals surface area contributed by atoms with Crippen LogP contribution in [0.3, 0.4) is 0 Å². The lowest BCUT2D eigenvalue weighted by Crippen LogP contribution is -2.52. The van der Waals surface area contributed by atoms with Crippen LogP contribution in [0.1, 0.15) is 65.2 Å². The number of fused-ring (bicyclic) bond motifs is 5. The van der Waals surface area contributed by atoms with E-state index >= 15 is 0 Å². The van der Waals surface area contributed by atoms with Gasteiger partial charge in [-0.25, -0.2) is 0 Å². The van der Waals surface area contributed by atoms with Crippen LogP contribution in [-0.4, -0.2) is 30.2 Å². The predicted molar refractivity (Wildman–Crippen MR) is 89.8 cm³/mol. The van der Waals surface area contributed by atoms with Gasteiger partial charge < -0.3 is 4.90 Å². The summed E-state index contributed by atoms with van der Waals surface area (Å²) in [6.07, 6.45) is 8.52. The molecule has 3 heteroatoms. The number of hydrogen-bond donors (Lipinski definition) is 0. The Hall–Kier alpha value is -0.860. The molecular formula is C20H31NO2. The van der Waals surface area contributed by atoms with Crippen LogP contribution in [0.2, 0.25) is 0 Å². The Labute approximate surface area is 140 Å². The Kier molecular flexibility index (Phi) is 3.45. The van der Waals surface area contributed by atoms with Gasteiger partial charge in [0.15, 0.2) is 0 Å². The number of Topliss-reactive ketones (excluding diaryl/α,β-unsaturated/α-hetero) is 1. The molecule has 23 heavy (non-hydrogen) atoms. The topological polar surface area (TPSA) is 37.4 Å². The van der Waals surface area contributed by atoms with Gasteiger partial charge in [0.25, 0.3) is 0 Å². The molecule has 0 bridgehead atoms. The lowest BCUT2D eigenvalue weighted by atomic mass is 9.47. The smallest absolute Gasteiger partial charge is 0.222 e. The molecular weight excluding hydrogens is 286 g/mol. The van der Waals surface area contributed by atoms with E-state index in [1.54, 1.807) is 0 Å². The number of hydrogen-bond acceptors (Lipinski definition) is 2. The molecule has 0 spiro atoms. The van der Waals surface area contributed by atoms with Crippen molar-refractivity contribution in [2.24, 2.45) is 34.5 Å². The Morgan fingerprint density at radius 2 is 1.74 bits per heavy atom. The first-order chi connectivity index (χ1) is 10.9. The van der Waals surface area contributed by atoms with Gasteiger partial charge in [0, 0.05) is 31.8 Å². The highest BCUT2D eigenvalue weighted by Crippen LogP contribution is 2.64. The van der Waals surface area contributed by atoms with E-state index in [4.69, 9.17) is 0 Å². The van der Waals surface area contributed by atoms with E-state index in [0.717, 1.165) is 44.1 Å². The number of carbonyl (C=O) groups is 2. The highest BCUT2D eigenvalue weighted by Gasteiger charge is 2.59. The van der Waals surface area contributed by atoms with Crippen molar-refractivity contribution in [3.8, 4) is 0 Å². The van der Waals surface area contributed by atoms with Crippen molar-refractivity contribution >= 4 is 11.7 Å². The van der Waals surface area contributed by atoms with Crippen LogP contribution >= 0.6 is 0 Å². The summed E-state index contributed by atoms with van der Waals surface area (Å²) >= 11 is 0. The summed E-state index contributed by atoms with van der Waals surface area (Å²) in [4.78, 5) is 26.6. The molecule has 4 aliphatic rings. The third kappa shape index (κ3) is 2.07. The minimum Gasteiger partial charge on any atom is -0.345 e. The molecule has 1 amide bonds. The molecule has 0 aromatic rings. The fraction of sp³-hybridized carbons (Fsp3) is 0.900. The molecule has 0 N–H and O–H groups in total. The van der Waals surface area contributed by atoms with E-state index in [1.807, 2.05) is 11.9 Å². The molecule has 1 aliphatic heterocycles. The van der Waals surface area contributed by atoms with Crippen LogP contribution in [0.4, 0.5) is 0 Å². The van der Waals surface area contributed by atoms with Crippen molar-refractivity contribution in [2.45, 2.75) is 65.2 Å². The summed E-state index contributed by atoms with van der Waals surface area (Å²) in [5, 5.41) is 0. The number of carbonyl (C=O) groups excluding carboxylic acids is 2. The van der Waals surface area contributed by atoms with Gasteiger partial charge in [-0.2, -0.15) is 0 Å². The van der Waals surface area contributed by atoms with Crippen molar-refractivity contribution in [3.63, 3.8) is 0 Å². The van der Waals surface area contributed by atoms with Crippen molar-refractivity contribution in [2.75, 3.05) is 13.6 Å². The fourth-order valence-electron chi connectivity index (χ4n) is 6.99. The van der Waals surface area contributed by atoms with Crippen molar-refractivity contribution in [1.29, 1.82) is 0 Å². The highest BCUT2D eigenvalue weighted by molar-refractivity contribution is 5.87. The Morgan fingerprint density at radius 1 is 0.957 bits per heavy atom. The number of ketones is 1. The van der Waals surface area contributed by atoms with Crippen molar-refractivity contribution in [1.82, 2.24) is 4.90 Å². The molecule has 3 saturated carbocycles. The monoisotopic (exact) mass is 317 g/mol. The Morgan fingerprint density at radius 3 is 2.52 bits per heavy atom. The maximum Gasteiger partial charge on any atom is 0.222 e. The molecule has 4 fully saturated rings. The minimum atomic E-state index is -0.0261. The van der Waals surface area contributed by atoms with Crippen LogP contribution in [0.25, 0.3) is 0 Å². The van der Waals surface area contributed by atoms with Gasteiger partial charge in [-0.05, 0) is 67.6 Å². The summed E-state index contributed by atoms with van der Waals surface area (Å²) in [6.45, 7) is 5.67. The molecule has 0 radical (unpaired) electrons. The second-order valence-electron chi connectivity index (χ2n) is 9.35. The number of rotatable bonds is 0. The maximum absolute atomic E-state index is 12.5. The van der Waals surface area contributed by atoms with Gasteiger partial charge in [-0.1, -0.05) is 13.8 Å². The first-order valence-electron chi connectivity index (χ1n) is 9.63. The Balaban J connectivity index is 1.65. The van der Waals surface area contributed by atoms with Gasteiger partial charge in [0.2, 0.25) is 5.91 Å². The number of nitrogens with zero attached hydrogens (tertiary/aromatic N) is 1. The molecule has 4 rings (SSSR count). The zero-order valence-corrected chi connectivity index (χ0v) is 14.9. The first-order valence-corrected chi connectivity index (χ1v) is 9.63. The van der Waals surface area contributed by atoms with E-state index in [2.05, 4.69) is 13.8 Å². The lowest BCUT2D eigenvalue weighted by molar-refractivity contribution is -0.136. The summed E-state index contributed by atoms with van der Waals surface area (Å²) in [6, 6.07) is 0. The molecule has 3 aliphatic carbocycles. The van der Waals surface area contributed by atoms with E-state index in [0.29, 0.717) is 35.4 Å². The van der Waals surface area contributed by atoms with Gasteiger partial charge in [0.1, 0.15) is 5.78 Å². The molecule has 0 aromatic heterocycles. The average Bonchev–Trinajstić information content (AvgIpc) is 2.77. The first kappa shape index (κ1) is 15.7. The van der Waals surface area contributed by atoms with E-state index in [1.165, 1.54) is 19.3 Å². The normalized spacial score (nSPS) is 50.1. The SMILES string of the molecule is CN1C[C@@H]2CC[C@@H]3[C@H](CC[C@]4(C)C(=O)CC[C@@H]34)[C@@]2(C)CCC1=O. The standard InChI is InChI=1S/C20H31NO2/c1-19-11-9-18(23)21(3)12-13(19)4-5-14-15-6-7-17(22)20(15,2)10-8-16(14)19/h13-16H,4-12H2,1-3H3/t13-,14-,15-,16-,19-,20-/m0/s1. The van der Waals surface area contributed by atoms with Gasteiger partial charge >= 0.3 is 0 Å². The van der Waals surface area contributed by atoms with Crippen LogP contribution in [0, 0.1) is 34.5 Å². The van der Waals surface area contributed by atoms with Crippen LogP contribution in [0.5, 0.6) is 0 Å². The highest BCUT2D eigenvalue weighted by atomic mass is 16.2. The molecule has 1 heterocycles. The number of likely N-dealkylation sites (tertiary alicyclic amines) is 1. The molecule has 0 aromatic carbocycles. The van der Waals surface area contributed by atoms with Gasteiger partial charge in [0.05, 0.1) is 0 Å². The Bertz CT molecular complexity index is 544. The van der Waals surface area contributed by atoms with Crippen LogP contribution < -0.4 is 0 Å². The quantitative estimate of drug-likeness (QED) is 0.683. The second-order valence-corrected chi connectivity index (χ2v) is 9.35. The van der Waals surface area contributed by atoms with Crippen LogP contribution in [0.15, 0.2) is 0 Å². The van der Waals surface area contributed by atoms with E-state index < -0.39 is 0 Å². The zero-order valence-electron chi connectivity index (χ0n) is 14.9. The lowest BCUT2D eigenvalue weighted by Gasteiger charge is -2.57. The van der Waals surface area contributed by atoms with Gasteiger partial charge in [-0.15, -0.1) is 0 Å². The zero-order chi connectivity index (χ0) is 16.4. The summed E-state index contributed by atoms with van der Waals surface area (Å²) in [7, 11) is 1.98. The second kappa shape index (κ2) is 5.07. The van der Waals surface area contributed by atoms with E-state index in [-0.39, 0.29) is 5.41 Å². The molecule has 6 atom stereocenters. The largest absolute Gasteiger partial charge is 0.345 e. The summed E-state index contributed by atoms with van der Waals surface area (Å²) in [5.41, 5.74) is 0.276. The van der Waals surface area contributed by atoms with Crippen LogP contribution in [-0.2, 0) is 9.59 Å². The van der Waals surface area contributed by atoms with Crippen molar-refractivity contribution < 1.29 is 9.59 Å². The predicted octanol–water partition coefficient (Wildman–Crippen LogP) is 3.67. The molecule has 128 valence electrons. The molecule has 1 saturated heterocycles. The molecule has 0 unspecified atom stereocenters. The van der Waals surface area contributed by atoms with Gasteiger partial charge in [-0.3, -0.25) is 9.59 Å². The third-order valence-electron chi connectivity index (χ3n) is 8.57. The number of amides is 1.